The number of aliphatic hydroxyl groups excluding tert-OH is 1. The third-order valence-electron chi connectivity index (χ3n) is 4.21. The molecule has 0 aromatic heterocycles. The number of carbonyl (C=O) groups excluding carboxylic acids is 1. The fourth-order valence-corrected chi connectivity index (χ4v) is 3.48. The van der Waals surface area contributed by atoms with E-state index in [0.717, 1.165) is 43.6 Å². The average Bonchev–Trinajstić information content (AvgIpc) is 2.46. The molecule has 2 N–H and O–H groups in total. The van der Waals surface area contributed by atoms with Crippen LogP contribution in [0.5, 0.6) is 0 Å². The van der Waals surface area contributed by atoms with E-state index in [-0.39, 0.29) is 18.7 Å². The number of hydrogen-bond donors (Lipinski definition) is 2. The van der Waals surface area contributed by atoms with E-state index in [2.05, 4.69) is 19.2 Å². The van der Waals surface area contributed by atoms with Crippen molar-refractivity contribution in [3.63, 3.8) is 0 Å². The standard InChI is InChI=1S/C15H30N2O2S/c1-4-20-10-9-12(2)16-15(19)17(3)14-7-5-13(11-18)6-8-14/h12-14,18H,4-11H2,1-3H3,(H,16,19). The van der Waals surface area contributed by atoms with Gasteiger partial charge in [-0.1, -0.05) is 6.92 Å². The highest BCUT2D eigenvalue weighted by molar-refractivity contribution is 7.99. The van der Waals surface area contributed by atoms with Gasteiger partial charge in [-0.05, 0) is 56.5 Å². The van der Waals surface area contributed by atoms with Crippen molar-refractivity contribution in [2.75, 3.05) is 25.2 Å². The number of carbonyl (C=O) groups is 1. The summed E-state index contributed by atoms with van der Waals surface area (Å²) >= 11 is 1.91. The van der Waals surface area contributed by atoms with Crippen LogP contribution in [0.25, 0.3) is 0 Å². The first-order valence-electron chi connectivity index (χ1n) is 7.80. The third kappa shape index (κ3) is 5.92. The second-order valence-corrected chi connectivity index (χ2v) is 7.20. The lowest BCUT2D eigenvalue weighted by atomic mass is 9.86. The summed E-state index contributed by atoms with van der Waals surface area (Å²) in [5.74, 6) is 2.67. The molecule has 1 saturated carbocycles. The maximum Gasteiger partial charge on any atom is 0.317 e. The van der Waals surface area contributed by atoms with Gasteiger partial charge in [0.15, 0.2) is 0 Å². The van der Waals surface area contributed by atoms with Crippen molar-refractivity contribution in [1.82, 2.24) is 10.2 Å². The van der Waals surface area contributed by atoms with E-state index >= 15 is 0 Å². The lowest BCUT2D eigenvalue weighted by molar-refractivity contribution is 0.133. The van der Waals surface area contributed by atoms with Crippen molar-refractivity contribution in [2.45, 2.75) is 58.0 Å². The molecule has 2 amide bonds. The van der Waals surface area contributed by atoms with Crippen LogP contribution < -0.4 is 5.32 Å². The van der Waals surface area contributed by atoms with Gasteiger partial charge in [-0.2, -0.15) is 11.8 Å². The highest BCUT2D eigenvalue weighted by Gasteiger charge is 2.26. The molecule has 0 aromatic rings. The molecule has 1 atom stereocenters. The zero-order valence-corrected chi connectivity index (χ0v) is 13.9. The minimum atomic E-state index is 0.0476. The molecule has 0 spiro atoms. The molecule has 0 radical (unpaired) electrons. The summed E-state index contributed by atoms with van der Waals surface area (Å²) in [5.41, 5.74) is 0. The van der Waals surface area contributed by atoms with Crippen molar-refractivity contribution in [1.29, 1.82) is 0 Å². The minimum Gasteiger partial charge on any atom is -0.396 e. The van der Waals surface area contributed by atoms with Gasteiger partial charge in [-0.25, -0.2) is 4.79 Å². The Morgan fingerprint density at radius 1 is 1.40 bits per heavy atom. The van der Waals surface area contributed by atoms with E-state index in [1.165, 1.54) is 0 Å². The van der Waals surface area contributed by atoms with Gasteiger partial charge >= 0.3 is 6.03 Å². The molecule has 0 saturated heterocycles. The smallest absolute Gasteiger partial charge is 0.317 e. The van der Waals surface area contributed by atoms with Crippen LogP contribution in [-0.4, -0.2) is 53.3 Å². The molecule has 5 heteroatoms. The van der Waals surface area contributed by atoms with Crippen LogP contribution >= 0.6 is 11.8 Å². The molecule has 1 fully saturated rings. The predicted molar refractivity (Wildman–Crippen MR) is 86.2 cm³/mol. The third-order valence-corrected chi connectivity index (χ3v) is 5.14. The zero-order chi connectivity index (χ0) is 15.0. The molecule has 0 aliphatic heterocycles. The summed E-state index contributed by atoms with van der Waals surface area (Å²) < 4.78 is 0. The van der Waals surface area contributed by atoms with Crippen molar-refractivity contribution < 1.29 is 9.90 Å². The lowest BCUT2D eigenvalue weighted by Crippen LogP contribution is -2.47. The molecule has 1 aliphatic carbocycles. The Labute approximate surface area is 127 Å². The van der Waals surface area contributed by atoms with E-state index in [4.69, 9.17) is 5.11 Å². The molecule has 0 bridgehead atoms. The van der Waals surface area contributed by atoms with Crippen molar-refractivity contribution >= 4 is 17.8 Å². The van der Waals surface area contributed by atoms with Crippen LogP contribution in [0.1, 0.15) is 46.0 Å². The normalized spacial score (nSPS) is 24.2. The average molecular weight is 302 g/mol. The van der Waals surface area contributed by atoms with Crippen LogP contribution in [0.3, 0.4) is 0 Å². The molecular formula is C15H30N2O2S. The highest BCUT2D eigenvalue weighted by atomic mass is 32.2. The molecule has 1 rings (SSSR count). The number of aliphatic hydroxyl groups is 1. The fourth-order valence-electron chi connectivity index (χ4n) is 2.67. The first-order valence-corrected chi connectivity index (χ1v) is 8.95. The van der Waals surface area contributed by atoms with E-state index in [0.29, 0.717) is 12.0 Å². The van der Waals surface area contributed by atoms with E-state index in [1.807, 2.05) is 23.7 Å². The molecule has 0 aromatic carbocycles. The van der Waals surface area contributed by atoms with Crippen LogP contribution in [0, 0.1) is 5.92 Å². The lowest BCUT2D eigenvalue weighted by Gasteiger charge is -2.34. The number of urea groups is 1. The molecule has 1 unspecified atom stereocenters. The Morgan fingerprint density at radius 3 is 2.60 bits per heavy atom. The Hall–Kier alpha value is -0.420. The van der Waals surface area contributed by atoms with Gasteiger partial charge in [0.2, 0.25) is 0 Å². The van der Waals surface area contributed by atoms with E-state index in [9.17, 15) is 4.79 Å². The summed E-state index contributed by atoms with van der Waals surface area (Å²) in [4.78, 5) is 14.1. The van der Waals surface area contributed by atoms with Gasteiger partial charge < -0.3 is 15.3 Å². The van der Waals surface area contributed by atoms with E-state index in [1.54, 1.807) is 0 Å². The zero-order valence-electron chi connectivity index (χ0n) is 13.1. The second kappa shape index (κ2) is 9.50. The summed E-state index contributed by atoms with van der Waals surface area (Å²) in [6.45, 7) is 4.52. The molecule has 20 heavy (non-hydrogen) atoms. The largest absolute Gasteiger partial charge is 0.396 e. The number of nitrogens with one attached hydrogen (secondary N) is 1. The summed E-state index contributed by atoms with van der Waals surface area (Å²) in [7, 11) is 1.90. The molecule has 1 aliphatic rings. The van der Waals surface area contributed by atoms with Crippen molar-refractivity contribution in [2.24, 2.45) is 5.92 Å². The summed E-state index contributed by atoms with van der Waals surface area (Å²) in [5, 5.41) is 12.2. The molecule has 118 valence electrons. The van der Waals surface area contributed by atoms with Gasteiger partial charge in [0.05, 0.1) is 0 Å². The van der Waals surface area contributed by atoms with Crippen LogP contribution in [-0.2, 0) is 0 Å². The Kier molecular flexibility index (Phi) is 8.38. The topological polar surface area (TPSA) is 52.6 Å². The maximum atomic E-state index is 12.2. The first kappa shape index (κ1) is 17.6. The van der Waals surface area contributed by atoms with E-state index < -0.39 is 0 Å². The molecular weight excluding hydrogens is 272 g/mol. The van der Waals surface area contributed by atoms with Gasteiger partial charge in [0, 0.05) is 25.7 Å². The second-order valence-electron chi connectivity index (χ2n) is 5.80. The number of thioether (sulfide) groups is 1. The monoisotopic (exact) mass is 302 g/mol. The van der Waals surface area contributed by atoms with Gasteiger partial charge in [0.1, 0.15) is 0 Å². The van der Waals surface area contributed by atoms with Gasteiger partial charge in [-0.15, -0.1) is 0 Å². The van der Waals surface area contributed by atoms with Gasteiger partial charge in [-0.3, -0.25) is 0 Å². The van der Waals surface area contributed by atoms with Crippen molar-refractivity contribution in [3.05, 3.63) is 0 Å². The van der Waals surface area contributed by atoms with Crippen LogP contribution in [0.4, 0.5) is 4.79 Å². The summed E-state index contributed by atoms with van der Waals surface area (Å²) in [6, 6.07) is 0.610. The van der Waals surface area contributed by atoms with Crippen molar-refractivity contribution in [3.8, 4) is 0 Å². The first-order chi connectivity index (χ1) is 9.58. The molecule has 4 nitrogen and oxygen atoms in total. The Bertz CT molecular complexity index is 281. The predicted octanol–water partition coefficient (Wildman–Crippen LogP) is 2.71. The number of nitrogens with zero attached hydrogens (tertiary/aromatic N) is 1. The van der Waals surface area contributed by atoms with Crippen LogP contribution in [0.15, 0.2) is 0 Å². The Morgan fingerprint density at radius 2 is 2.05 bits per heavy atom. The fraction of sp³-hybridized carbons (Fsp3) is 0.933. The summed E-state index contributed by atoms with van der Waals surface area (Å²) in [6.07, 6.45) is 5.10. The Balaban J connectivity index is 2.28. The maximum absolute atomic E-state index is 12.2. The number of amides is 2. The quantitative estimate of drug-likeness (QED) is 0.711. The number of hydrogen-bond acceptors (Lipinski definition) is 3. The molecule has 0 heterocycles. The van der Waals surface area contributed by atoms with Gasteiger partial charge in [0.25, 0.3) is 0 Å². The number of rotatable bonds is 7. The SMILES string of the molecule is CCSCCC(C)NC(=O)N(C)C1CCC(CO)CC1. The highest BCUT2D eigenvalue weighted by Crippen LogP contribution is 2.26. The minimum absolute atomic E-state index is 0.0476. The van der Waals surface area contributed by atoms with Crippen LogP contribution in [0.2, 0.25) is 0 Å².